The Hall–Kier alpha value is 0.524. The van der Waals surface area contributed by atoms with Gasteiger partial charge in [0.1, 0.15) is 0 Å². The average molecular weight is 305 g/mol. The molecule has 0 aromatic heterocycles. The highest BCUT2D eigenvalue weighted by Gasteiger charge is 2.07. The Bertz CT molecular complexity index is 131. The topological polar surface area (TPSA) is 46.2 Å². The largest absolute Gasteiger partial charge is 0.483 e. The summed E-state index contributed by atoms with van der Waals surface area (Å²) in [4.78, 5) is 0. The van der Waals surface area contributed by atoms with Crippen LogP contribution in [-0.4, -0.2) is 60.2 Å². The van der Waals surface area contributed by atoms with E-state index in [1.165, 1.54) is 0 Å². The van der Waals surface area contributed by atoms with Crippen molar-refractivity contribution in [2.24, 2.45) is 0 Å². The van der Waals surface area contributed by atoms with Gasteiger partial charge < -0.3 is 22.1 Å². The molecule has 0 unspecified atom stereocenters. The standard InChI is InChI=1S/C6H15ClO2Si.C3H10O3Si/c1-8-10(9-2)6-4-3-5-7;1-4-7(5-2)6-3/h10H,3-6H2,1-2H3;7H,1-3H3. The molecule has 0 fully saturated rings. The lowest BCUT2D eigenvalue weighted by molar-refractivity contribution is 0.163. The summed E-state index contributed by atoms with van der Waals surface area (Å²) in [7, 11) is 5.19. The molecule has 0 spiro atoms. The van der Waals surface area contributed by atoms with Gasteiger partial charge in [-0.25, -0.2) is 0 Å². The molecule has 0 rings (SSSR count). The Morgan fingerprint density at radius 2 is 1.24 bits per heavy atom. The lowest BCUT2D eigenvalue weighted by Crippen LogP contribution is -2.21. The zero-order chi connectivity index (χ0) is 13.5. The summed E-state index contributed by atoms with van der Waals surface area (Å²) >= 11 is 5.51. The summed E-state index contributed by atoms with van der Waals surface area (Å²) in [6, 6.07) is 1.07. The minimum absolute atomic E-state index is 0.745. The van der Waals surface area contributed by atoms with Crippen LogP contribution in [0.2, 0.25) is 6.04 Å². The van der Waals surface area contributed by atoms with Crippen LogP contribution in [-0.2, 0) is 22.1 Å². The fraction of sp³-hybridized carbons (Fsp3) is 1.00. The number of rotatable bonds is 9. The maximum Gasteiger partial charge on any atom is 0.483 e. The molecule has 0 atom stereocenters. The minimum atomic E-state index is -1.67. The van der Waals surface area contributed by atoms with Gasteiger partial charge in [-0.15, -0.1) is 11.6 Å². The quantitative estimate of drug-likeness (QED) is 0.363. The lowest BCUT2D eigenvalue weighted by atomic mass is 10.4. The summed E-state index contributed by atoms with van der Waals surface area (Å²) in [5, 5.41) is 0. The molecule has 0 aliphatic rings. The molecule has 0 aliphatic carbocycles. The van der Waals surface area contributed by atoms with E-state index in [4.69, 9.17) is 33.7 Å². The van der Waals surface area contributed by atoms with Gasteiger partial charge in [-0.2, -0.15) is 0 Å². The van der Waals surface area contributed by atoms with Crippen LogP contribution in [0.15, 0.2) is 0 Å². The summed E-state index contributed by atoms with van der Waals surface area (Å²) in [6.45, 7) is 0. The van der Waals surface area contributed by atoms with Gasteiger partial charge in [0.05, 0.1) is 0 Å². The van der Waals surface area contributed by atoms with Gasteiger partial charge >= 0.3 is 18.8 Å². The second-order valence-electron chi connectivity index (χ2n) is 3.08. The van der Waals surface area contributed by atoms with Crippen LogP contribution < -0.4 is 0 Å². The molecular weight excluding hydrogens is 280 g/mol. The van der Waals surface area contributed by atoms with Gasteiger partial charge in [-0.1, -0.05) is 6.42 Å². The van der Waals surface area contributed by atoms with Crippen molar-refractivity contribution in [2.45, 2.75) is 18.9 Å². The fourth-order valence-electron chi connectivity index (χ4n) is 1.03. The molecule has 0 saturated heterocycles. The molecule has 106 valence electrons. The Labute approximate surface area is 113 Å². The lowest BCUT2D eigenvalue weighted by Gasteiger charge is -2.08. The van der Waals surface area contributed by atoms with E-state index < -0.39 is 18.8 Å². The molecular formula is C9H25ClO5Si2. The van der Waals surface area contributed by atoms with Gasteiger partial charge in [0.15, 0.2) is 0 Å². The molecule has 0 N–H and O–H groups in total. The molecule has 8 heteroatoms. The smallest absolute Gasteiger partial charge is 0.400 e. The number of hydrogen-bond acceptors (Lipinski definition) is 5. The Balaban J connectivity index is 0. The predicted octanol–water partition coefficient (Wildman–Crippen LogP) is 1.16. The maximum absolute atomic E-state index is 5.51. The van der Waals surface area contributed by atoms with E-state index in [1.807, 2.05) is 0 Å². The van der Waals surface area contributed by atoms with Crippen molar-refractivity contribution in [3.05, 3.63) is 0 Å². The number of alkyl halides is 1. The second kappa shape index (κ2) is 16.5. The molecule has 5 nitrogen and oxygen atoms in total. The molecule has 0 aliphatic heterocycles. The van der Waals surface area contributed by atoms with Crippen LogP contribution in [0, 0.1) is 0 Å². The van der Waals surface area contributed by atoms with Gasteiger partial charge in [0, 0.05) is 41.4 Å². The van der Waals surface area contributed by atoms with Crippen molar-refractivity contribution in [1.82, 2.24) is 0 Å². The number of hydrogen-bond donors (Lipinski definition) is 0. The van der Waals surface area contributed by atoms with Crippen molar-refractivity contribution >= 4 is 30.4 Å². The summed E-state index contributed by atoms with van der Waals surface area (Å²) in [5.74, 6) is 0.745. The normalized spacial score (nSPS) is 10.6. The average Bonchev–Trinajstić information content (AvgIpc) is 2.38. The molecule has 17 heavy (non-hydrogen) atoms. The zero-order valence-electron chi connectivity index (χ0n) is 11.4. The summed E-state index contributed by atoms with van der Waals surface area (Å²) in [5.41, 5.74) is 0. The highest BCUT2D eigenvalue weighted by molar-refractivity contribution is 6.44. The van der Waals surface area contributed by atoms with Crippen molar-refractivity contribution in [3.63, 3.8) is 0 Å². The summed E-state index contributed by atoms with van der Waals surface area (Å²) in [6.07, 6.45) is 2.19. The highest BCUT2D eigenvalue weighted by atomic mass is 35.5. The first kappa shape index (κ1) is 19.9. The van der Waals surface area contributed by atoms with E-state index in [2.05, 4.69) is 0 Å². The predicted molar refractivity (Wildman–Crippen MR) is 74.1 cm³/mol. The van der Waals surface area contributed by atoms with Gasteiger partial charge in [0.25, 0.3) is 0 Å². The molecule has 0 radical (unpaired) electrons. The molecule has 0 aromatic carbocycles. The van der Waals surface area contributed by atoms with Crippen LogP contribution in [0.3, 0.4) is 0 Å². The maximum atomic E-state index is 5.51. The zero-order valence-corrected chi connectivity index (χ0v) is 14.5. The third-order valence-electron chi connectivity index (χ3n) is 1.93. The van der Waals surface area contributed by atoms with Gasteiger partial charge in [-0.05, 0) is 12.5 Å². The van der Waals surface area contributed by atoms with Crippen molar-refractivity contribution < 1.29 is 22.1 Å². The van der Waals surface area contributed by atoms with Gasteiger partial charge in [-0.3, -0.25) is 0 Å². The first-order valence-corrected chi connectivity index (χ1v) is 9.10. The number of halogens is 1. The fourth-order valence-corrected chi connectivity index (χ4v) is 3.08. The molecule has 0 bridgehead atoms. The van der Waals surface area contributed by atoms with E-state index in [0.717, 1.165) is 24.8 Å². The van der Waals surface area contributed by atoms with Crippen LogP contribution in [0.1, 0.15) is 12.8 Å². The third kappa shape index (κ3) is 14.5. The van der Waals surface area contributed by atoms with Crippen LogP contribution in [0.4, 0.5) is 0 Å². The molecule has 0 aromatic rings. The Morgan fingerprint density at radius 3 is 1.47 bits per heavy atom. The Kier molecular flexibility index (Phi) is 19.3. The van der Waals surface area contributed by atoms with E-state index in [9.17, 15) is 0 Å². The van der Waals surface area contributed by atoms with E-state index in [-0.39, 0.29) is 0 Å². The van der Waals surface area contributed by atoms with Crippen molar-refractivity contribution in [3.8, 4) is 0 Å². The molecule has 0 heterocycles. The third-order valence-corrected chi connectivity index (χ3v) is 5.28. The minimum Gasteiger partial charge on any atom is -0.400 e. The molecule has 0 amide bonds. The first-order valence-electron chi connectivity index (χ1n) is 5.40. The van der Waals surface area contributed by atoms with Crippen LogP contribution in [0.25, 0.3) is 0 Å². The monoisotopic (exact) mass is 304 g/mol. The van der Waals surface area contributed by atoms with Crippen molar-refractivity contribution in [1.29, 1.82) is 0 Å². The van der Waals surface area contributed by atoms with Gasteiger partial charge in [0.2, 0.25) is 0 Å². The Morgan fingerprint density at radius 1 is 0.765 bits per heavy atom. The highest BCUT2D eigenvalue weighted by Crippen LogP contribution is 2.03. The van der Waals surface area contributed by atoms with E-state index >= 15 is 0 Å². The van der Waals surface area contributed by atoms with Crippen molar-refractivity contribution in [2.75, 3.05) is 41.4 Å². The van der Waals surface area contributed by atoms with Crippen LogP contribution in [0.5, 0.6) is 0 Å². The van der Waals surface area contributed by atoms with E-state index in [0.29, 0.717) is 0 Å². The second-order valence-corrected chi connectivity index (χ2v) is 7.83. The number of unbranched alkanes of at least 4 members (excludes halogenated alkanes) is 1. The first-order chi connectivity index (χ1) is 8.19. The van der Waals surface area contributed by atoms with E-state index in [1.54, 1.807) is 35.5 Å². The SMILES string of the molecule is CO[SiH](CCCCCl)OC.CO[SiH](OC)OC. The van der Waals surface area contributed by atoms with Crippen LogP contribution >= 0.6 is 11.6 Å². The summed E-state index contributed by atoms with van der Waals surface area (Å²) < 4.78 is 24.5. The molecule has 0 saturated carbocycles.